The highest BCUT2D eigenvalue weighted by atomic mass is 16.5. The fraction of sp³-hybridized carbons (Fsp3) is 0.909. The van der Waals surface area contributed by atoms with Crippen LogP contribution in [0, 0.1) is 5.41 Å². The quantitative estimate of drug-likeness (QED) is 0.724. The molecule has 0 aromatic carbocycles. The molecule has 2 rings (SSSR count). The van der Waals surface area contributed by atoms with E-state index < -0.39 is 17.0 Å². The van der Waals surface area contributed by atoms with Crippen molar-refractivity contribution in [3.63, 3.8) is 0 Å². The molecule has 2 N–H and O–H groups in total. The second-order valence-electron chi connectivity index (χ2n) is 4.74. The Morgan fingerprint density at radius 1 is 1.07 bits per heavy atom. The van der Waals surface area contributed by atoms with Crippen LogP contribution >= 0.6 is 0 Å². The van der Waals surface area contributed by atoms with Crippen molar-refractivity contribution in [2.75, 3.05) is 13.2 Å². The lowest BCUT2D eigenvalue weighted by molar-refractivity contribution is -0.187. The van der Waals surface area contributed by atoms with Gasteiger partial charge in [0, 0.05) is 19.6 Å². The summed E-state index contributed by atoms with van der Waals surface area (Å²) >= 11 is 0. The molecule has 2 fully saturated rings. The highest BCUT2D eigenvalue weighted by Gasteiger charge is 2.59. The number of hydrogen-bond acceptors (Lipinski definition) is 3. The van der Waals surface area contributed by atoms with E-state index in [4.69, 9.17) is 4.74 Å². The number of hydrogen-bond donors (Lipinski definition) is 2. The van der Waals surface area contributed by atoms with E-state index in [1.807, 2.05) is 0 Å². The van der Waals surface area contributed by atoms with Crippen LogP contribution in [-0.2, 0) is 9.53 Å². The zero-order valence-corrected chi connectivity index (χ0v) is 8.87. The van der Waals surface area contributed by atoms with Gasteiger partial charge in [0.25, 0.3) is 0 Å². The van der Waals surface area contributed by atoms with Gasteiger partial charge in [0.05, 0.1) is 11.0 Å². The zero-order chi connectivity index (χ0) is 10.9. The van der Waals surface area contributed by atoms with Crippen LogP contribution < -0.4 is 0 Å². The number of carboxylic acids is 1. The van der Waals surface area contributed by atoms with E-state index in [1.165, 1.54) is 0 Å². The zero-order valence-electron chi connectivity index (χ0n) is 8.87. The molecule has 1 aliphatic carbocycles. The van der Waals surface area contributed by atoms with E-state index in [1.54, 1.807) is 0 Å². The van der Waals surface area contributed by atoms with Crippen LogP contribution in [0.5, 0.6) is 0 Å². The Kier molecular flexibility index (Phi) is 2.73. The van der Waals surface area contributed by atoms with E-state index in [9.17, 15) is 15.0 Å². The molecule has 0 amide bonds. The number of ether oxygens (including phenoxy) is 1. The molecule has 1 saturated carbocycles. The molecule has 0 aromatic rings. The molecular formula is C11H18O4. The molecule has 4 nitrogen and oxygen atoms in total. The smallest absolute Gasteiger partial charge is 0.312 e. The molecule has 0 bridgehead atoms. The van der Waals surface area contributed by atoms with Gasteiger partial charge >= 0.3 is 5.97 Å². The van der Waals surface area contributed by atoms with Gasteiger partial charge in [-0.2, -0.15) is 0 Å². The van der Waals surface area contributed by atoms with E-state index in [2.05, 4.69) is 0 Å². The lowest BCUT2D eigenvalue weighted by Crippen LogP contribution is -2.57. The molecule has 1 unspecified atom stereocenters. The van der Waals surface area contributed by atoms with Crippen molar-refractivity contribution in [1.82, 2.24) is 0 Å². The predicted octanol–water partition coefficient (Wildman–Crippen LogP) is 1.17. The van der Waals surface area contributed by atoms with Gasteiger partial charge < -0.3 is 14.9 Å². The molecule has 0 spiro atoms. The first-order valence-corrected chi connectivity index (χ1v) is 5.64. The SMILES string of the molecule is O=C(O)C1(C2(O)CCCOCC2)CCC1. The summed E-state index contributed by atoms with van der Waals surface area (Å²) < 4.78 is 5.28. The Hall–Kier alpha value is -0.610. The first-order chi connectivity index (χ1) is 7.11. The highest BCUT2D eigenvalue weighted by Crippen LogP contribution is 2.53. The van der Waals surface area contributed by atoms with Gasteiger partial charge in [-0.25, -0.2) is 0 Å². The Bertz CT molecular complexity index is 249. The number of carbonyl (C=O) groups is 1. The fourth-order valence-electron chi connectivity index (χ4n) is 2.82. The van der Waals surface area contributed by atoms with Crippen LogP contribution in [0.3, 0.4) is 0 Å². The fourth-order valence-corrected chi connectivity index (χ4v) is 2.82. The molecule has 1 aliphatic heterocycles. The Balaban J connectivity index is 2.20. The lowest BCUT2D eigenvalue weighted by Gasteiger charge is -2.49. The maximum absolute atomic E-state index is 11.3. The van der Waals surface area contributed by atoms with Crippen molar-refractivity contribution in [1.29, 1.82) is 0 Å². The summed E-state index contributed by atoms with van der Waals surface area (Å²) in [5, 5.41) is 19.8. The second kappa shape index (κ2) is 3.76. The summed E-state index contributed by atoms with van der Waals surface area (Å²) in [6.45, 7) is 1.11. The summed E-state index contributed by atoms with van der Waals surface area (Å²) in [5.74, 6) is -0.835. The first-order valence-electron chi connectivity index (χ1n) is 5.64. The van der Waals surface area contributed by atoms with Gasteiger partial charge in [-0.05, 0) is 25.7 Å². The highest BCUT2D eigenvalue weighted by molar-refractivity contribution is 5.77. The summed E-state index contributed by atoms with van der Waals surface area (Å²) in [6.07, 6.45) is 3.90. The minimum atomic E-state index is -1.05. The topological polar surface area (TPSA) is 66.8 Å². The Morgan fingerprint density at radius 2 is 1.80 bits per heavy atom. The third kappa shape index (κ3) is 1.56. The average molecular weight is 214 g/mol. The molecule has 0 radical (unpaired) electrons. The molecule has 2 aliphatic rings. The van der Waals surface area contributed by atoms with Crippen LogP contribution in [0.1, 0.15) is 38.5 Å². The summed E-state index contributed by atoms with van der Waals surface area (Å²) in [6, 6.07) is 0. The number of rotatable bonds is 2. The molecule has 1 atom stereocenters. The lowest BCUT2D eigenvalue weighted by atomic mass is 9.56. The van der Waals surface area contributed by atoms with E-state index >= 15 is 0 Å². The van der Waals surface area contributed by atoms with Crippen molar-refractivity contribution in [2.24, 2.45) is 5.41 Å². The van der Waals surface area contributed by atoms with Crippen LogP contribution in [0.2, 0.25) is 0 Å². The van der Waals surface area contributed by atoms with Crippen LogP contribution in [-0.4, -0.2) is 35.0 Å². The monoisotopic (exact) mass is 214 g/mol. The molecule has 0 aromatic heterocycles. The van der Waals surface area contributed by atoms with Gasteiger partial charge in [0.2, 0.25) is 0 Å². The van der Waals surface area contributed by atoms with Crippen molar-refractivity contribution >= 4 is 5.97 Å². The van der Waals surface area contributed by atoms with Gasteiger partial charge in [-0.3, -0.25) is 4.79 Å². The third-order valence-corrected chi connectivity index (χ3v) is 4.05. The van der Waals surface area contributed by atoms with E-state index in [-0.39, 0.29) is 0 Å². The molecule has 15 heavy (non-hydrogen) atoms. The number of aliphatic carboxylic acids is 1. The molecule has 1 saturated heterocycles. The minimum Gasteiger partial charge on any atom is -0.481 e. The van der Waals surface area contributed by atoms with Crippen LogP contribution in [0.25, 0.3) is 0 Å². The van der Waals surface area contributed by atoms with Gasteiger partial charge in [0.1, 0.15) is 0 Å². The third-order valence-electron chi connectivity index (χ3n) is 4.05. The van der Waals surface area contributed by atoms with E-state index in [0.717, 1.165) is 12.8 Å². The van der Waals surface area contributed by atoms with Gasteiger partial charge in [0.15, 0.2) is 0 Å². The number of aliphatic hydroxyl groups is 1. The van der Waals surface area contributed by atoms with Crippen molar-refractivity contribution < 1.29 is 19.7 Å². The molecular weight excluding hydrogens is 196 g/mol. The first kappa shape index (κ1) is 10.9. The maximum atomic E-state index is 11.3. The van der Waals surface area contributed by atoms with Gasteiger partial charge in [-0.1, -0.05) is 6.42 Å². The normalized spacial score (nSPS) is 35.3. The maximum Gasteiger partial charge on any atom is 0.312 e. The van der Waals surface area contributed by atoms with Gasteiger partial charge in [-0.15, -0.1) is 0 Å². The standard InChI is InChI=1S/C11H18O4/c12-9(13)10(3-1-4-10)11(14)5-2-7-15-8-6-11/h14H,1-8H2,(H,12,13). The second-order valence-corrected chi connectivity index (χ2v) is 4.74. The average Bonchev–Trinajstić information content (AvgIpc) is 2.27. The van der Waals surface area contributed by atoms with Crippen LogP contribution in [0.4, 0.5) is 0 Å². The number of carboxylic acid groups (broad SMARTS) is 1. The summed E-state index contributed by atoms with van der Waals surface area (Å²) in [7, 11) is 0. The Labute approximate surface area is 89.2 Å². The van der Waals surface area contributed by atoms with Crippen molar-refractivity contribution in [2.45, 2.75) is 44.1 Å². The summed E-state index contributed by atoms with van der Waals surface area (Å²) in [5.41, 5.74) is -1.94. The minimum absolute atomic E-state index is 0.458. The van der Waals surface area contributed by atoms with Crippen LogP contribution in [0.15, 0.2) is 0 Å². The van der Waals surface area contributed by atoms with Crippen molar-refractivity contribution in [3.05, 3.63) is 0 Å². The predicted molar refractivity (Wildman–Crippen MR) is 53.5 cm³/mol. The molecule has 86 valence electrons. The summed E-state index contributed by atoms with van der Waals surface area (Å²) in [4.78, 5) is 11.3. The van der Waals surface area contributed by atoms with Crippen molar-refractivity contribution in [3.8, 4) is 0 Å². The molecule has 4 heteroatoms. The largest absolute Gasteiger partial charge is 0.481 e. The molecule has 1 heterocycles. The Morgan fingerprint density at radius 3 is 2.33 bits per heavy atom. The van der Waals surface area contributed by atoms with E-state index in [0.29, 0.717) is 38.9 Å².